The molecule has 122 valence electrons. The fourth-order valence-electron chi connectivity index (χ4n) is 2.51. The quantitative estimate of drug-likeness (QED) is 0.785. The smallest absolute Gasteiger partial charge is 0.280 e. The SMILES string of the molecule is CC1=NN(c2ccccc2Cl)C(=O)C1=Cc1ccc(N(C)C)cc1. The molecule has 0 fully saturated rings. The molecule has 1 amide bonds. The Bertz CT molecular complexity index is 838. The van der Waals surface area contributed by atoms with Crippen molar-refractivity contribution < 1.29 is 4.79 Å². The molecule has 0 radical (unpaired) electrons. The Morgan fingerprint density at radius 1 is 1.08 bits per heavy atom. The lowest BCUT2D eigenvalue weighted by molar-refractivity contribution is -0.114. The molecular weight excluding hydrogens is 322 g/mol. The number of para-hydroxylation sites is 1. The Morgan fingerprint density at radius 3 is 2.38 bits per heavy atom. The predicted octanol–water partition coefficient (Wildman–Crippen LogP) is 4.21. The first-order valence-corrected chi connectivity index (χ1v) is 7.99. The van der Waals surface area contributed by atoms with E-state index >= 15 is 0 Å². The molecule has 3 rings (SSSR count). The van der Waals surface area contributed by atoms with Crippen LogP contribution >= 0.6 is 11.6 Å². The van der Waals surface area contributed by atoms with Crippen molar-refractivity contribution >= 4 is 40.7 Å². The van der Waals surface area contributed by atoms with Crippen LogP contribution in [-0.2, 0) is 4.79 Å². The number of carbonyl (C=O) groups excluding carboxylic acids is 1. The molecule has 0 saturated carbocycles. The summed E-state index contributed by atoms with van der Waals surface area (Å²) in [4.78, 5) is 14.8. The molecule has 2 aromatic carbocycles. The summed E-state index contributed by atoms with van der Waals surface area (Å²) in [5.41, 5.74) is 3.91. The second-order valence-corrected chi connectivity index (χ2v) is 6.20. The highest BCUT2D eigenvalue weighted by Gasteiger charge is 2.29. The van der Waals surface area contributed by atoms with Crippen LogP contribution in [-0.4, -0.2) is 25.7 Å². The fraction of sp³-hybridized carbons (Fsp3) is 0.158. The molecule has 2 aromatic rings. The van der Waals surface area contributed by atoms with Gasteiger partial charge in [0, 0.05) is 19.8 Å². The largest absolute Gasteiger partial charge is 0.378 e. The van der Waals surface area contributed by atoms with Crippen molar-refractivity contribution in [3.05, 3.63) is 64.7 Å². The summed E-state index contributed by atoms with van der Waals surface area (Å²) in [5.74, 6) is -0.169. The Kier molecular flexibility index (Phi) is 4.40. The highest BCUT2D eigenvalue weighted by Crippen LogP contribution is 2.30. The van der Waals surface area contributed by atoms with E-state index in [1.165, 1.54) is 5.01 Å². The Hall–Kier alpha value is -2.59. The average molecular weight is 340 g/mol. The summed E-state index contributed by atoms with van der Waals surface area (Å²) >= 11 is 6.19. The molecule has 0 aliphatic carbocycles. The van der Waals surface area contributed by atoms with E-state index in [4.69, 9.17) is 11.6 Å². The second-order valence-electron chi connectivity index (χ2n) is 5.80. The molecule has 0 saturated heterocycles. The van der Waals surface area contributed by atoms with Gasteiger partial charge in [0.15, 0.2) is 0 Å². The van der Waals surface area contributed by atoms with Crippen molar-refractivity contribution in [2.75, 3.05) is 24.0 Å². The first-order chi connectivity index (χ1) is 11.5. The molecule has 0 aromatic heterocycles. The normalized spacial score (nSPS) is 15.8. The van der Waals surface area contributed by atoms with Crippen LogP contribution in [0.5, 0.6) is 0 Å². The van der Waals surface area contributed by atoms with Crippen molar-refractivity contribution in [2.45, 2.75) is 6.92 Å². The van der Waals surface area contributed by atoms with Gasteiger partial charge in [-0.05, 0) is 42.8 Å². The van der Waals surface area contributed by atoms with Crippen LogP contribution in [0.15, 0.2) is 59.2 Å². The summed E-state index contributed by atoms with van der Waals surface area (Å²) < 4.78 is 0. The van der Waals surface area contributed by atoms with Crippen LogP contribution < -0.4 is 9.91 Å². The minimum atomic E-state index is -0.169. The van der Waals surface area contributed by atoms with E-state index in [2.05, 4.69) is 5.10 Å². The molecule has 0 bridgehead atoms. The summed E-state index contributed by atoms with van der Waals surface area (Å²) in [5, 5.41) is 6.22. The summed E-state index contributed by atoms with van der Waals surface area (Å²) in [7, 11) is 3.98. The zero-order valence-corrected chi connectivity index (χ0v) is 14.6. The zero-order chi connectivity index (χ0) is 17.3. The standard InChI is InChI=1S/C19H18ClN3O/c1-13-16(12-14-8-10-15(11-9-14)22(2)3)19(24)23(21-13)18-7-5-4-6-17(18)20/h4-12H,1-3H3. The number of amides is 1. The number of anilines is 2. The highest BCUT2D eigenvalue weighted by atomic mass is 35.5. The molecule has 5 heteroatoms. The monoisotopic (exact) mass is 339 g/mol. The number of hydrogen-bond donors (Lipinski definition) is 0. The molecule has 0 N–H and O–H groups in total. The average Bonchev–Trinajstić information content (AvgIpc) is 2.84. The van der Waals surface area contributed by atoms with Gasteiger partial charge < -0.3 is 4.90 Å². The number of carbonyl (C=O) groups is 1. The van der Waals surface area contributed by atoms with E-state index in [-0.39, 0.29) is 5.91 Å². The molecule has 24 heavy (non-hydrogen) atoms. The third kappa shape index (κ3) is 3.05. The topological polar surface area (TPSA) is 35.9 Å². The first kappa shape index (κ1) is 16.3. The van der Waals surface area contributed by atoms with Crippen molar-refractivity contribution in [1.29, 1.82) is 0 Å². The zero-order valence-electron chi connectivity index (χ0n) is 13.8. The molecule has 0 atom stereocenters. The van der Waals surface area contributed by atoms with Crippen molar-refractivity contribution in [3.8, 4) is 0 Å². The van der Waals surface area contributed by atoms with Gasteiger partial charge in [0.05, 0.1) is 22.0 Å². The van der Waals surface area contributed by atoms with E-state index in [1.807, 2.05) is 68.4 Å². The van der Waals surface area contributed by atoms with Gasteiger partial charge >= 0.3 is 0 Å². The van der Waals surface area contributed by atoms with E-state index in [0.717, 1.165) is 11.3 Å². The number of benzene rings is 2. The van der Waals surface area contributed by atoms with E-state index in [1.54, 1.807) is 12.1 Å². The van der Waals surface area contributed by atoms with Crippen LogP contribution in [0.3, 0.4) is 0 Å². The maximum Gasteiger partial charge on any atom is 0.280 e. The summed E-state index contributed by atoms with van der Waals surface area (Å²) in [6.07, 6.45) is 1.86. The van der Waals surface area contributed by atoms with Gasteiger partial charge in [-0.15, -0.1) is 0 Å². The summed E-state index contributed by atoms with van der Waals surface area (Å²) in [6, 6.07) is 15.2. The lowest BCUT2D eigenvalue weighted by atomic mass is 10.1. The number of rotatable bonds is 3. The summed E-state index contributed by atoms with van der Waals surface area (Å²) in [6.45, 7) is 1.83. The Labute approximate surface area is 146 Å². The minimum absolute atomic E-state index is 0.169. The van der Waals surface area contributed by atoms with Gasteiger partial charge in [-0.25, -0.2) is 0 Å². The van der Waals surface area contributed by atoms with Gasteiger partial charge in [-0.3, -0.25) is 4.79 Å². The second kappa shape index (κ2) is 6.49. The van der Waals surface area contributed by atoms with E-state index in [9.17, 15) is 4.79 Å². The van der Waals surface area contributed by atoms with Crippen LogP contribution in [0.1, 0.15) is 12.5 Å². The molecule has 1 heterocycles. The van der Waals surface area contributed by atoms with E-state index in [0.29, 0.717) is 22.0 Å². The van der Waals surface area contributed by atoms with Gasteiger partial charge in [0.25, 0.3) is 5.91 Å². The van der Waals surface area contributed by atoms with E-state index < -0.39 is 0 Å². The molecule has 0 spiro atoms. The number of nitrogens with zero attached hydrogens (tertiary/aromatic N) is 3. The maximum absolute atomic E-state index is 12.7. The maximum atomic E-state index is 12.7. The third-order valence-electron chi connectivity index (χ3n) is 3.86. The van der Waals surface area contributed by atoms with Crippen LogP contribution in [0, 0.1) is 0 Å². The van der Waals surface area contributed by atoms with Gasteiger partial charge in [0.2, 0.25) is 0 Å². The van der Waals surface area contributed by atoms with Crippen molar-refractivity contribution in [1.82, 2.24) is 0 Å². The van der Waals surface area contributed by atoms with Crippen LogP contribution in [0.4, 0.5) is 11.4 Å². The highest BCUT2D eigenvalue weighted by molar-refractivity contribution is 6.37. The lowest BCUT2D eigenvalue weighted by Crippen LogP contribution is -2.21. The lowest BCUT2D eigenvalue weighted by Gasteiger charge is -2.13. The van der Waals surface area contributed by atoms with Crippen molar-refractivity contribution in [3.63, 3.8) is 0 Å². The number of hydrazone groups is 1. The number of hydrogen-bond acceptors (Lipinski definition) is 3. The van der Waals surface area contributed by atoms with Gasteiger partial charge in [-0.1, -0.05) is 35.9 Å². The predicted molar refractivity (Wildman–Crippen MR) is 101 cm³/mol. The van der Waals surface area contributed by atoms with Crippen molar-refractivity contribution in [2.24, 2.45) is 5.10 Å². The molecule has 1 aliphatic heterocycles. The first-order valence-electron chi connectivity index (χ1n) is 7.61. The van der Waals surface area contributed by atoms with Crippen LogP contribution in [0.25, 0.3) is 6.08 Å². The molecule has 0 unspecified atom stereocenters. The molecule has 4 nitrogen and oxygen atoms in total. The van der Waals surface area contributed by atoms with Gasteiger partial charge in [-0.2, -0.15) is 10.1 Å². The third-order valence-corrected chi connectivity index (χ3v) is 4.18. The van der Waals surface area contributed by atoms with Gasteiger partial charge in [0.1, 0.15) is 0 Å². The molecular formula is C19H18ClN3O. The minimum Gasteiger partial charge on any atom is -0.378 e. The Balaban J connectivity index is 1.91. The Morgan fingerprint density at radius 2 is 1.75 bits per heavy atom. The fourth-order valence-corrected chi connectivity index (χ4v) is 2.72. The number of halogens is 1. The van der Waals surface area contributed by atoms with Crippen LogP contribution in [0.2, 0.25) is 5.02 Å². The molecule has 1 aliphatic rings.